The highest BCUT2D eigenvalue weighted by Gasteiger charge is 2.21. The van der Waals surface area contributed by atoms with E-state index in [1.165, 1.54) is 13.2 Å². The predicted octanol–water partition coefficient (Wildman–Crippen LogP) is 1.50. The Morgan fingerprint density at radius 1 is 1.37 bits per heavy atom. The number of pyridine rings is 1. The number of carbonyl (C=O) groups is 2. The van der Waals surface area contributed by atoms with Crippen molar-refractivity contribution in [2.75, 3.05) is 7.11 Å². The topological polar surface area (TPSA) is 92.7 Å². The van der Waals surface area contributed by atoms with E-state index in [4.69, 9.17) is 5.53 Å². The van der Waals surface area contributed by atoms with Gasteiger partial charge >= 0.3 is 12.2 Å². The van der Waals surface area contributed by atoms with Crippen molar-refractivity contribution in [2.45, 2.75) is 0 Å². The normalized spacial score (nSPS) is 9.74. The van der Waals surface area contributed by atoms with E-state index in [-0.39, 0.29) is 11.3 Å². The standard InChI is InChI=1S/C13H9N3O3/c1-19-13(18)12-9(11(17)7-15-14)6-8-4-2-3-5-10(8)16-12/h2-7H,1H3. The number of aromatic nitrogens is 1. The smallest absolute Gasteiger partial charge is 0.357 e. The predicted molar refractivity (Wildman–Crippen MR) is 67.1 cm³/mol. The van der Waals surface area contributed by atoms with Crippen molar-refractivity contribution in [1.29, 1.82) is 0 Å². The minimum Gasteiger partial charge on any atom is -0.464 e. The van der Waals surface area contributed by atoms with Crippen LogP contribution < -0.4 is 0 Å². The molecule has 0 amide bonds. The highest BCUT2D eigenvalue weighted by Crippen LogP contribution is 2.17. The number of fused-ring (bicyclic) bond motifs is 1. The van der Waals surface area contributed by atoms with E-state index in [1.807, 2.05) is 0 Å². The Labute approximate surface area is 108 Å². The molecule has 94 valence electrons. The third-order valence-electron chi connectivity index (χ3n) is 2.54. The van der Waals surface area contributed by atoms with Crippen LogP contribution in [-0.4, -0.2) is 34.9 Å². The molecule has 2 rings (SSSR count). The number of benzene rings is 1. The molecule has 0 N–H and O–H groups in total. The fourth-order valence-electron chi connectivity index (χ4n) is 1.68. The molecule has 6 heteroatoms. The Kier molecular flexibility index (Phi) is 3.45. The Morgan fingerprint density at radius 2 is 2.11 bits per heavy atom. The zero-order valence-corrected chi connectivity index (χ0v) is 10.0. The first-order valence-corrected chi connectivity index (χ1v) is 5.37. The lowest BCUT2D eigenvalue weighted by Crippen LogP contribution is -2.14. The van der Waals surface area contributed by atoms with Gasteiger partial charge in [0.15, 0.2) is 5.69 Å². The van der Waals surface area contributed by atoms with Gasteiger partial charge in [0.1, 0.15) is 0 Å². The molecule has 19 heavy (non-hydrogen) atoms. The molecule has 1 heterocycles. The number of nitrogens with zero attached hydrogens (tertiary/aromatic N) is 3. The van der Waals surface area contributed by atoms with E-state index < -0.39 is 11.8 Å². The molecular formula is C13H9N3O3. The lowest BCUT2D eigenvalue weighted by molar-refractivity contribution is 0.00233. The summed E-state index contributed by atoms with van der Waals surface area (Å²) in [6.45, 7) is 0. The highest BCUT2D eigenvalue weighted by atomic mass is 16.5. The lowest BCUT2D eigenvalue weighted by Gasteiger charge is -2.05. The number of methoxy groups -OCH3 is 1. The van der Waals surface area contributed by atoms with Crippen molar-refractivity contribution in [3.8, 4) is 0 Å². The summed E-state index contributed by atoms with van der Waals surface area (Å²) in [6.07, 6.45) is 0.707. The van der Waals surface area contributed by atoms with Gasteiger partial charge < -0.3 is 10.3 Å². The maximum absolute atomic E-state index is 11.8. The van der Waals surface area contributed by atoms with Crippen molar-refractivity contribution in [3.63, 3.8) is 0 Å². The van der Waals surface area contributed by atoms with Crippen LogP contribution in [-0.2, 0) is 4.74 Å². The van der Waals surface area contributed by atoms with Gasteiger partial charge in [0.2, 0.25) is 0 Å². The molecular weight excluding hydrogens is 246 g/mol. The summed E-state index contributed by atoms with van der Waals surface area (Å²) >= 11 is 0. The van der Waals surface area contributed by atoms with Crippen LogP contribution in [0, 0.1) is 0 Å². The third kappa shape index (κ3) is 2.38. The zero-order valence-electron chi connectivity index (χ0n) is 10.0. The van der Waals surface area contributed by atoms with Crippen LogP contribution in [0.1, 0.15) is 20.8 Å². The van der Waals surface area contributed by atoms with E-state index in [9.17, 15) is 9.59 Å². The second kappa shape index (κ2) is 5.20. The minimum absolute atomic E-state index is 0.0309. The van der Waals surface area contributed by atoms with Gasteiger partial charge in [0, 0.05) is 5.39 Å². The van der Waals surface area contributed by atoms with Gasteiger partial charge in [0.05, 0.1) is 18.2 Å². The van der Waals surface area contributed by atoms with Gasteiger partial charge in [-0.15, -0.1) is 0 Å². The SMILES string of the molecule is COC(=O)c1nc2ccccc2cc1C(=O)C=[N+]=[N-]. The fraction of sp³-hybridized carbons (Fsp3) is 0.0769. The van der Waals surface area contributed by atoms with Gasteiger partial charge in [-0.05, 0) is 12.1 Å². The van der Waals surface area contributed by atoms with Crippen molar-refractivity contribution in [3.05, 3.63) is 47.1 Å². The number of rotatable bonds is 3. The molecule has 0 aliphatic rings. The molecule has 0 saturated heterocycles. The van der Waals surface area contributed by atoms with Gasteiger partial charge in [-0.25, -0.2) is 9.78 Å². The van der Waals surface area contributed by atoms with E-state index in [0.717, 1.165) is 0 Å². The Morgan fingerprint density at radius 3 is 2.79 bits per heavy atom. The number of hydrogen-bond donors (Lipinski definition) is 0. The highest BCUT2D eigenvalue weighted by molar-refractivity contribution is 6.35. The van der Waals surface area contributed by atoms with Crippen molar-refractivity contribution >= 4 is 28.9 Å². The second-order valence-electron chi connectivity index (χ2n) is 3.68. The number of esters is 1. The van der Waals surface area contributed by atoms with Crippen LogP contribution >= 0.6 is 0 Å². The number of ketones is 1. The van der Waals surface area contributed by atoms with Crippen LogP contribution in [0.25, 0.3) is 16.4 Å². The number of hydrogen-bond acceptors (Lipinski definition) is 4. The molecule has 6 nitrogen and oxygen atoms in total. The molecule has 1 aromatic carbocycles. The first-order chi connectivity index (χ1) is 9.17. The molecule has 2 aromatic rings. The van der Waals surface area contributed by atoms with Crippen molar-refractivity contribution in [2.24, 2.45) is 0 Å². The summed E-state index contributed by atoms with van der Waals surface area (Å²) in [5, 5.41) is 0.699. The quantitative estimate of drug-likeness (QED) is 0.273. The number of Topliss-reactive ketones (excluding diaryl/α,β-unsaturated/α-hetero) is 1. The van der Waals surface area contributed by atoms with Gasteiger partial charge in [-0.3, -0.25) is 4.79 Å². The molecule has 0 bridgehead atoms. The molecule has 0 saturated carbocycles. The van der Waals surface area contributed by atoms with Crippen LogP contribution in [0.15, 0.2) is 30.3 Å². The molecule has 0 aliphatic carbocycles. The molecule has 0 fully saturated rings. The molecule has 0 unspecified atom stereocenters. The van der Waals surface area contributed by atoms with Crippen molar-refractivity contribution in [1.82, 2.24) is 4.98 Å². The van der Waals surface area contributed by atoms with Gasteiger partial charge in [-0.2, -0.15) is 4.79 Å². The first kappa shape index (κ1) is 12.6. The van der Waals surface area contributed by atoms with E-state index in [1.54, 1.807) is 24.3 Å². The number of ether oxygens (including phenoxy) is 1. The fourth-order valence-corrected chi connectivity index (χ4v) is 1.68. The molecule has 0 atom stereocenters. The number of para-hydroxylation sites is 1. The van der Waals surface area contributed by atoms with Crippen molar-refractivity contribution < 1.29 is 19.1 Å². The third-order valence-corrected chi connectivity index (χ3v) is 2.54. The van der Waals surface area contributed by atoms with E-state index in [0.29, 0.717) is 17.1 Å². The zero-order chi connectivity index (χ0) is 13.8. The average Bonchev–Trinajstić information content (AvgIpc) is 2.45. The average molecular weight is 255 g/mol. The van der Waals surface area contributed by atoms with E-state index >= 15 is 0 Å². The molecule has 0 aliphatic heterocycles. The molecule has 0 spiro atoms. The molecule has 1 aromatic heterocycles. The van der Waals surface area contributed by atoms with Crippen LogP contribution in [0.2, 0.25) is 0 Å². The van der Waals surface area contributed by atoms with Crippen LogP contribution in [0.4, 0.5) is 0 Å². The minimum atomic E-state index is -0.722. The monoisotopic (exact) mass is 255 g/mol. The van der Waals surface area contributed by atoms with Gasteiger partial charge in [-0.1, -0.05) is 18.2 Å². The van der Waals surface area contributed by atoms with E-state index in [2.05, 4.69) is 14.5 Å². The van der Waals surface area contributed by atoms with Crippen LogP contribution in [0.3, 0.4) is 0 Å². The molecule has 0 radical (unpaired) electrons. The maximum atomic E-state index is 11.8. The number of carbonyl (C=O) groups excluding carboxylic acids is 2. The summed E-state index contributed by atoms with van der Waals surface area (Å²) in [5.41, 5.74) is 8.91. The summed E-state index contributed by atoms with van der Waals surface area (Å²) < 4.78 is 4.59. The largest absolute Gasteiger partial charge is 0.464 e. The maximum Gasteiger partial charge on any atom is 0.357 e. The lowest BCUT2D eigenvalue weighted by atomic mass is 10.1. The summed E-state index contributed by atoms with van der Waals surface area (Å²) in [4.78, 5) is 30.2. The Balaban J connectivity index is 2.74. The van der Waals surface area contributed by atoms with Gasteiger partial charge in [0.25, 0.3) is 5.78 Å². The van der Waals surface area contributed by atoms with Crippen LogP contribution in [0.5, 0.6) is 0 Å². The Bertz CT molecular complexity index is 718. The summed E-state index contributed by atoms with van der Waals surface area (Å²) in [6, 6.07) is 8.55. The second-order valence-corrected chi connectivity index (χ2v) is 3.68. The Hall–Kier alpha value is -2.85. The summed E-state index contributed by atoms with van der Waals surface area (Å²) in [5.74, 6) is -1.35. The first-order valence-electron chi connectivity index (χ1n) is 5.37. The summed E-state index contributed by atoms with van der Waals surface area (Å²) in [7, 11) is 1.20.